The lowest BCUT2D eigenvalue weighted by molar-refractivity contribution is -0.0512. The number of hydrogen-bond donors (Lipinski definition) is 2. The van der Waals surface area contributed by atoms with Gasteiger partial charge in [0.1, 0.15) is 12.2 Å². The first-order valence-corrected chi connectivity index (χ1v) is 6.49. The molecule has 0 radical (unpaired) electrons. The zero-order valence-corrected chi connectivity index (χ0v) is 12.1. The van der Waals surface area contributed by atoms with Gasteiger partial charge in [0, 0.05) is 19.5 Å². The molecule has 0 bridgehead atoms. The molecule has 18 heavy (non-hydrogen) atoms. The van der Waals surface area contributed by atoms with Crippen molar-refractivity contribution in [3.05, 3.63) is 12.2 Å². The van der Waals surface area contributed by atoms with E-state index in [1.165, 1.54) is 6.33 Å². The van der Waals surface area contributed by atoms with Gasteiger partial charge in [-0.1, -0.05) is 34.6 Å². The Labute approximate surface area is 109 Å². The minimum absolute atomic E-state index is 0.213. The fourth-order valence-corrected chi connectivity index (χ4v) is 1.83. The third-order valence-electron chi connectivity index (χ3n) is 3.42. The van der Waals surface area contributed by atoms with Crippen LogP contribution in [0.4, 0.5) is 0 Å². The quantitative estimate of drug-likeness (QED) is 0.828. The molecule has 3 N–H and O–H groups in total. The normalized spacial score (nSPS) is 16.0. The van der Waals surface area contributed by atoms with E-state index in [4.69, 9.17) is 5.73 Å². The fraction of sp³-hybridized carbons (Fsp3) is 0.846. The molecular formula is C13H26N4O. The minimum Gasteiger partial charge on any atom is -0.388 e. The maximum absolute atomic E-state index is 10.7. The average Bonchev–Trinajstić information content (AvgIpc) is 2.63. The van der Waals surface area contributed by atoms with E-state index in [0.717, 1.165) is 12.4 Å². The van der Waals surface area contributed by atoms with Gasteiger partial charge in [-0.05, 0) is 11.3 Å². The fourth-order valence-electron chi connectivity index (χ4n) is 1.83. The number of hydrogen-bond acceptors (Lipinski definition) is 4. The van der Waals surface area contributed by atoms with E-state index < -0.39 is 5.60 Å². The van der Waals surface area contributed by atoms with Crippen molar-refractivity contribution in [3.8, 4) is 0 Å². The van der Waals surface area contributed by atoms with Crippen molar-refractivity contribution in [1.82, 2.24) is 14.8 Å². The van der Waals surface area contributed by atoms with Gasteiger partial charge in [-0.3, -0.25) is 0 Å². The molecule has 0 saturated carbocycles. The smallest absolute Gasteiger partial charge is 0.138 e. The summed E-state index contributed by atoms with van der Waals surface area (Å²) in [7, 11) is 0. The second-order valence-corrected chi connectivity index (χ2v) is 6.41. The first-order chi connectivity index (χ1) is 8.19. The standard InChI is InChI=1S/C13H26N4O/c1-10(2)7-17-11(15-9-16-17)6-13(18,8-14)12(3,4)5/h9-10,18H,6-8,14H2,1-5H3. The Kier molecular flexibility index (Phi) is 4.50. The summed E-state index contributed by atoms with van der Waals surface area (Å²) in [4.78, 5) is 4.25. The van der Waals surface area contributed by atoms with Crippen molar-refractivity contribution in [2.45, 2.75) is 53.2 Å². The molecule has 0 aliphatic rings. The van der Waals surface area contributed by atoms with E-state index in [1.807, 2.05) is 25.5 Å². The van der Waals surface area contributed by atoms with E-state index in [-0.39, 0.29) is 12.0 Å². The molecule has 0 aliphatic heterocycles. The molecule has 104 valence electrons. The highest BCUT2D eigenvalue weighted by atomic mass is 16.3. The number of nitrogens with two attached hydrogens (primary N) is 1. The molecule has 5 nitrogen and oxygen atoms in total. The van der Waals surface area contributed by atoms with Gasteiger partial charge < -0.3 is 10.8 Å². The monoisotopic (exact) mass is 254 g/mol. The maximum Gasteiger partial charge on any atom is 0.138 e. The largest absolute Gasteiger partial charge is 0.388 e. The van der Waals surface area contributed by atoms with Gasteiger partial charge in [0.05, 0.1) is 5.60 Å². The SMILES string of the molecule is CC(C)Cn1ncnc1CC(O)(CN)C(C)(C)C. The Morgan fingerprint density at radius 1 is 1.39 bits per heavy atom. The Bertz CT molecular complexity index is 381. The van der Waals surface area contributed by atoms with Crippen molar-refractivity contribution in [3.63, 3.8) is 0 Å². The lowest BCUT2D eigenvalue weighted by Crippen LogP contribution is -2.51. The summed E-state index contributed by atoms with van der Waals surface area (Å²) in [5.74, 6) is 1.29. The van der Waals surface area contributed by atoms with Crippen LogP contribution in [-0.2, 0) is 13.0 Å². The predicted molar refractivity (Wildman–Crippen MR) is 72.0 cm³/mol. The number of aromatic nitrogens is 3. The zero-order valence-electron chi connectivity index (χ0n) is 12.1. The topological polar surface area (TPSA) is 77.0 Å². The lowest BCUT2D eigenvalue weighted by atomic mass is 9.74. The van der Waals surface area contributed by atoms with E-state index in [0.29, 0.717) is 12.3 Å². The molecule has 1 unspecified atom stereocenters. The second-order valence-electron chi connectivity index (χ2n) is 6.41. The minimum atomic E-state index is -0.964. The molecule has 0 aliphatic carbocycles. The summed E-state index contributed by atoms with van der Waals surface area (Å²) in [6.07, 6.45) is 1.97. The first kappa shape index (κ1) is 15.1. The van der Waals surface area contributed by atoms with Gasteiger partial charge in [-0.15, -0.1) is 0 Å². The Morgan fingerprint density at radius 2 is 2.00 bits per heavy atom. The third kappa shape index (κ3) is 3.29. The van der Waals surface area contributed by atoms with E-state index >= 15 is 0 Å². The van der Waals surface area contributed by atoms with Gasteiger partial charge in [0.2, 0.25) is 0 Å². The summed E-state index contributed by atoms with van der Waals surface area (Å²) in [5.41, 5.74) is 4.49. The zero-order chi connectivity index (χ0) is 14.0. The molecular weight excluding hydrogens is 228 g/mol. The number of aliphatic hydroxyl groups is 1. The van der Waals surface area contributed by atoms with E-state index in [2.05, 4.69) is 23.9 Å². The summed E-state index contributed by atoms with van der Waals surface area (Å²) in [6.45, 7) is 11.2. The molecule has 1 aromatic rings. The third-order valence-corrected chi connectivity index (χ3v) is 3.42. The van der Waals surface area contributed by atoms with Crippen LogP contribution in [0.1, 0.15) is 40.4 Å². The highest BCUT2D eigenvalue weighted by Crippen LogP contribution is 2.32. The van der Waals surface area contributed by atoms with Crippen LogP contribution in [0.25, 0.3) is 0 Å². The van der Waals surface area contributed by atoms with Gasteiger partial charge in [0.15, 0.2) is 0 Å². The Morgan fingerprint density at radius 3 is 2.44 bits per heavy atom. The second kappa shape index (κ2) is 5.36. The average molecular weight is 254 g/mol. The molecule has 0 spiro atoms. The molecule has 0 saturated heterocycles. The molecule has 0 amide bonds. The van der Waals surface area contributed by atoms with Gasteiger partial charge in [0.25, 0.3) is 0 Å². The van der Waals surface area contributed by atoms with Crippen LogP contribution in [0.15, 0.2) is 6.33 Å². The van der Waals surface area contributed by atoms with Crippen LogP contribution in [0.3, 0.4) is 0 Å². The maximum atomic E-state index is 10.7. The van der Waals surface area contributed by atoms with Crippen LogP contribution in [-0.4, -0.2) is 32.0 Å². The van der Waals surface area contributed by atoms with Crippen molar-refractivity contribution in [2.75, 3.05) is 6.54 Å². The van der Waals surface area contributed by atoms with E-state index in [9.17, 15) is 5.11 Å². The Balaban J connectivity index is 2.93. The van der Waals surface area contributed by atoms with Gasteiger partial charge in [-0.2, -0.15) is 5.10 Å². The highest BCUT2D eigenvalue weighted by molar-refractivity contribution is 5.01. The van der Waals surface area contributed by atoms with E-state index in [1.54, 1.807) is 0 Å². The Hall–Kier alpha value is -0.940. The van der Waals surface area contributed by atoms with Crippen LogP contribution < -0.4 is 5.73 Å². The summed E-state index contributed by atoms with van der Waals surface area (Å²) in [5, 5.41) is 14.9. The molecule has 1 rings (SSSR count). The van der Waals surface area contributed by atoms with Crippen LogP contribution in [0.2, 0.25) is 0 Å². The highest BCUT2D eigenvalue weighted by Gasteiger charge is 2.40. The molecule has 1 atom stereocenters. The molecule has 0 fully saturated rings. The number of rotatable bonds is 5. The number of nitrogens with zero attached hydrogens (tertiary/aromatic N) is 3. The summed E-state index contributed by atoms with van der Waals surface area (Å²) >= 11 is 0. The van der Waals surface area contributed by atoms with Gasteiger partial charge >= 0.3 is 0 Å². The first-order valence-electron chi connectivity index (χ1n) is 6.49. The lowest BCUT2D eigenvalue weighted by Gasteiger charge is -2.39. The van der Waals surface area contributed by atoms with Crippen LogP contribution >= 0.6 is 0 Å². The van der Waals surface area contributed by atoms with Crippen molar-refractivity contribution < 1.29 is 5.11 Å². The van der Waals surface area contributed by atoms with Crippen LogP contribution in [0.5, 0.6) is 0 Å². The molecule has 5 heteroatoms. The van der Waals surface area contributed by atoms with Crippen molar-refractivity contribution in [2.24, 2.45) is 17.1 Å². The summed E-state index contributed by atoms with van der Waals surface area (Å²) in [6, 6.07) is 0. The summed E-state index contributed by atoms with van der Waals surface area (Å²) < 4.78 is 1.86. The predicted octanol–water partition coefficient (Wildman–Crippen LogP) is 1.21. The molecule has 0 aromatic carbocycles. The molecule has 1 heterocycles. The van der Waals surface area contributed by atoms with Crippen molar-refractivity contribution in [1.29, 1.82) is 0 Å². The van der Waals surface area contributed by atoms with Gasteiger partial charge in [-0.25, -0.2) is 9.67 Å². The molecule has 1 aromatic heterocycles. The van der Waals surface area contributed by atoms with Crippen LogP contribution in [0, 0.1) is 11.3 Å². The van der Waals surface area contributed by atoms with Crippen molar-refractivity contribution >= 4 is 0 Å².